The molecule has 1 saturated carbocycles. The van der Waals surface area contributed by atoms with E-state index in [1.807, 2.05) is 12.2 Å². The van der Waals surface area contributed by atoms with Crippen molar-refractivity contribution in [3.8, 4) is 0 Å². The normalized spacial score (nSPS) is 20.9. The first-order valence-corrected chi connectivity index (χ1v) is 14.5. The quantitative estimate of drug-likeness (QED) is 0.401. The van der Waals surface area contributed by atoms with E-state index in [4.69, 9.17) is 14.2 Å². The van der Waals surface area contributed by atoms with Crippen molar-refractivity contribution in [3.63, 3.8) is 0 Å². The zero-order chi connectivity index (χ0) is 28.8. The van der Waals surface area contributed by atoms with E-state index in [2.05, 4.69) is 16.5 Å². The number of allylic oxidation sites excluding steroid dienone is 3. The Morgan fingerprint density at radius 2 is 2.10 bits per heavy atom. The molecule has 1 unspecified atom stereocenters. The molecule has 1 fully saturated rings. The minimum absolute atomic E-state index is 0.181. The van der Waals surface area contributed by atoms with Crippen molar-refractivity contribution in [2.75, 3.05) is 11.9 Å². The van der Waals surface area contributed by atoms with Crippen LogP contribution in [-0.4, -0.2) is 55.9 Å². The number of aromatic nitrogens is 2. The lowest BCUT2D eigenvalue weighted by Crippen LogP contribution is -2.46. The van der Waals surface area contributed by atoms with Crippen molar-refractivity contribution in [3.05, 3.63) is 72.4 Å². The molecule has 1 aromatic heterocycles. The molecule has 220 valence electrons. The van der Waals surface area contributed by atoms with E-state index in [9.17, 15) is 14.7 Å². The second kappa shape index (κ2) is 12.8. The van der Waals surface area contributed by atoms with Gasteiger partial charge in [0, 0.05) is 18.3 Å². The Morgan fingerprint density at radius 1 is 1.27 bits per heavy atom. The molecule has 0 aromatic carbocycles. The summed E-state index contributed by atoms with van der Waals surface area (Å²) in [6.45, 7) is 3.87. The van der Waals surface area contributed by atoms with Crippen molar-refractivity contribution in [2.45, 2.75) is 89.5 Å². The highest BCUT2D eigenvalue weighted by Gasteiger charge is 2.38. The van der Waals surface area contributed by atoms with E-state index in [1.165, 1.54) is 31.3 Å². The van der Waals surface area contributed by atoms with Crippen LogP contribution in [-0.2, 0) is 30.3 Å². The van der Waals surface area contributed by atoms with Gasteiger partial charge in [-0.3, -0.25) is 14.3 Å². The zero-order valence-corrected chi connectivity index (χ0v) is 23.8. The third-order valence-corrected chi connectivity index (χ3v) is 7.73. The number of nitrogens with one attached hydrogen (secondary N) is 1. The van der Waals surface area contributed by atoms with Gasteiger partial charge in [-0.15, -0.1) is 0 Å². The van der Waals surface area contributed by atoms with Gasteiger partial charge < -0.3 is 29.5 Å². The van der Waals surface area contributed by atoms with Crippen LogP contribution < -0.4 is 5.32 Å². The fourth-order valence-electron chi connectivity index (χ4n) is 5.79. The highest BCUT2D eigenvalue weighted by molar-refractivity contribution is 5.99. The van der Waals surface area contributed by atoms with Crippen LogP contribution in [0.1, 0.15) is 65.2 Å². The fraction of sp³-hybridized carbons (Fsp3) is 0.516. The van der Waals surface area contributed by atoms with Crippen LogP contribution in [0, 0.1) is 5.92 Å². The molecule has 0 saturated heterocycles. The number of nitrogens with zero attached hydrogens (tertiary/aromatic N) is 3. The largest absolute Gasteiger partial charge is 0.480 e. The Balaban J connectivity index is 1.31. The number of rotatable bonds is 11. The lowest BCUT2D eigenvalue weighted by Gasteiger charge is -2.32. The summed E-state index contributed by atoms with van der Waals surface area (Å²) in [6.07, 6.45) is 21.0. The van der Waals surface area contributed by atoms with Crippen LogP contribution in [0.3, 0.4) is 0 Å². The number of carbonyl (C=O) groups is 2. The van der Waals surface area contributed by atoms with E-state index in [0.717, 1.165) is 44.1 Å². The third-order valence-electron chi connectivity index (χ3n) is 7.73. The standard InChI is InChI=1S/C31H40N4O6/c1-31(2,38)21-34-14-13-27(33-34)32-30(37)25(17-22-9-5-3-6-10-22)35-19-24(18-28(35)36)41-29(23-11-7-4-8-12-23)26-20-39-15-16-40-26/h4,7,11,13-16,18,20,22,25,29,38H,3,5-6,8-10,12,17,19,21H2,1-2H3,(H,32,33,37)/t25-,29?/m0/s1. The molecule has 2 amide bonds. The Morgan fingerprint density at radius 3 is 2.80 bits per heavy atom. The summed E-state index contributed by atoms with van der Waals surface area (Å²) in [7, 11) is 0. The lowest BCUT2D eigenvalue weighted by molar-refractivity contribution is -0.134. The second-order valence-corrected chi connectivity index (χ2v) is 11.8. The molecule has 2 aliphatic carbocycles. The molecule has 1 aromatic rings. The van der Waals surface area contributed by atoms with Gasteiger partial charge in [0.15, 0.2) is 17.7 Å². The monoisotopic (exact) mass is 564 g/mol. The van der Waals surface area contributed by atoms with Gasteiger partial charge in [-0.1, -0.05) is 50.3 Å². The summed E-state index contributed by atoms with van der Waals surface area (Å²) < 4.78 is 19.0. The van der Waals surface area contributed by atoms with Crippen LogP contribution in [0.5, 0.6) is 0 Å². The van der Waals surface area contributed by atoms with Crippen LogP contribution in [0.4, 0.5) is 5.82 Å². The van der Waals surface area contributed by atoms with Crippen LogP contribution in [0.25, 0.3) is 0 Å². The number of hydrogen-bond acceptors (Lipinski definition) is 7. The predicted molar refractivity (Wildman–Crippen MR) is 153 cm³/mol. The molecule has 2 aliphatic heterocycles. The molecule has 2 N–H and O–H groups in total. The van der Waals surface area contributed by atoms with E-state index in [1.54, 1.807) is 35.7 Å². The van der Waals surface area contributed by atoms with E-state index < -0.39 is 17.7 Å². The molecule has 4 aliphatic rings. The maximum Gasteiger partial charge on any atom is 0.251 e. The number of amides is 2. The van der Waals surface area contributed by atoms with Crippen molar-refractivity contribution in [1.82, 2.24) is 14.7 Å². The highest BCUT2D eigenvalue weighted by Crippen LogP contribution is 2.33. The van der Waals surface area contributed by atoms with Gasteiger partial charge in [0.05, 0.1) is 18.7 Å². The predicted octanol–water partition coefficient (Wildman–Crippen LogP) is 4.68. The Bertz CT molecular complexity index is 1260. The number of ether oxygens (including phenoxy) is 3. The topological polar surface area (TPSA) is 115 Å². The minimum atomic E-state index is -0.941. The van der Waals surface area contributed by atoms with Crippen molar-refractivity contribution >= 4 is 17.6 Å². The fourth-order valence-corrected chi connectivity index (χ4v) is 5.79. The summed E-state index contributed by atoms with van der Waals surface area (Å²) in [5.41, 5.74) is 0.0756. The molecular weight excluding hydrogens is 524 g/mol. The molecule has 41 heavy (non-hydrogen) atoms. The first-order chi connectivity index (χ1) is 19.7. The molecule has 10 heteroatoms. The highest BCUT2D eigenvalue weighted by atomic mass is 16.6. The number of anilines is 1. The average molecular weight is 565 g/mol. The maximum absolute atomic E-state index is 13.7. The Labute approximate surface area is 241 Å². The van der Waals surface area contributed by atoms with Crippen molar-refractivity contribution in [1.29, 1.82) is 0 Å². The van der Waals surface area contributed by atoms with Gasteiger partial charge in [0.2, 0.25) is 5.91 Å². The van der Waals surface area contributed by atoms with Crippen molar-refractivity contribution < 1.29 is 28.9 Å². The minimum Gasteiger partial charge on any atom is -0.480 e. The molecule has 0 radical (unpaired) electrons. The Kier molecular flexibility index (Phi) is 8.97. The van der Waals surface area contributed by atoms with E-state index >= 15 is 0 Å². The SMILES string of the molecule is CC(C)(O)Cn1ccc(NC(=O)[C@H](CC2CCCCC2)N2CC(OC(C3=CC=CCC3)C3=COC=CO3)=CC2=O)n1. The third kappa shape index (κ3) is 7.70. The van der Waals surface area contributed by atoms with Gasteiger partial charge in [0.1, 0.15) is 30.6 Å². The van der Waals surface area contributed by atoms with E-state index in [-0.39, 0.29) is 24.9 Å². The molecule has 0 spiro atoms. The first-order valence-electron chi connectivity index (χ1n) is 14.5. The number of hydrogen-bond donors (Lipinski definition) is 2. The Hall–Kier alpha value is -3.79. The lowest BCUT2D eigenvalue weighted by atomic mass is 9.84. The van der Waals surface area contributed by atoms with Gasteiger partial charge >= 0.3 is 0 Å². The van der Waals surface area contributed by atoms with Crippen LogP contribution >= 0.6 is 0 Å². The van der Waals surface area contributed by atoms with Gasteiger partial charge in [-0.25, -0.2) is 0 Å². The molecule has 2 atom stereocenters. The summed E-state index contributed by atoms with van der Waals surface area (Å²) in [4.78, 5) is 28.7. The van der Waals surface area contributed by atoms with Gasteiger partial charge in [-0.05, 0) is 44.6 Å². The average Bonchev–Trinajstić information content (AvgIpc) is 3.55. The van der Waals surface area contributed by atoms with E-state index in [0.29, 0.717) is 29.7 Å². The second-order valence-electron chi connectivity index (χ2n) is 11.8. The molecule has 3 heterocycles. The summed E-state index contributed by atoms with van der Waals surface area (Å²) in [5.74, 6) is 1.19. The summed E-state index contributed by atoms with van der Waals surface area (Å²) >= 11 is 0. The zero-order valence-electron chi connectivity index (χ0n) is 23.8. The number of aliphatic hydroxyl groups is 1. The first kappa shape index (κ1) is 28.7. The van der Waals surface area contributed by atoms with Crippen LogP contribution in [0.2, 0.25) is 0 Å². The number of carbonyl (C=O) groups excluding carboxylic acids is 2. The summed E-state index contributed by atoms with van der Waals surface area (Å²) in [5, 5.41) is 17.4. The van der Waals surface area contributed by atoms with Gasteiger partial charge in [0.25, 0.3) is 5.91 Å². The summed E-state index contributed by atoms with van der Waals surface area (Å²) in [6, 6.07) is 1.03. The molecule has 5 rings (SSSR count). The van der Waals surface area contributed by atoms with Gasteiger partial charge in [-0.2, -0.15) is 5.10 Å². The smallest absolute Gasteiger partial charge is 0.251 e. The molecule has 10 nitrogen and oxygen atoms in total. The molecule has 0 bridgehead atoms. The maximum atomic E-state index is 13.7. The van der Waals surface area contributed by atoms with Crippen LogP contribution in [0.15, 0.2) is 72.4 Å². The van der Waals surface area contributed by atoms with Crippen molar-refractivity contribution in [2.24, 2.45) is 5.92 Å². The molecular formula is C31H40N4O6.